The summed E-state index contributed by atoms with van der Waals surface area (Å²) in [6.45, 7) is 1.56. The Morgan fingerprint density at radius 1 is 1.50 bits per heavy atom. The second-order valence-electron chi connectivity index (χ2n) is 1.90. The summed E-state index contributed by atoms with van der Waals surface area (Å²) in [6.07, 6.45) is 2.46. The van der Waals surface area contributed by atoms with Gasteiger partial charge in [-0.05, 0) is 19.1 Å². The second-order valence-corrected chi connectivity index (χ2v) is 1.90. The molecule has 0 aromatic carbocycles. The van der Waals surface area contributed by atoms with E-state index in [2.05, 4.69) is 4.98 Å². The molecule has 1 aromatic rings. The molecule has 0 aliphatic heterocycles. The number of aliphatic hydroxyl groups excluding tert-OH is 1. The molecule has 1 rings (SSSR count). The van der Waals surface area contributed by atoms with Crippen molar-refractivity contribution in [2.75, 3.05) is 0 Å². The molecule has 1 N–H and O–H groups in total. The maximum Gasteiger partial charge on any atom is 0.194 e. The number of nitrogens with zero attached hydrogens (tertiary/aromatic N) is 1. The van der Waals surface area contributed by atoms with Gasteiger partial charge in [0.1, 0.15) is 5.75 Å². The van der Waals surface area contributed by atoms with Crippen molar-refractivity contribution < 1.29 is 9.84 Å². The van der Waals surface area contributed by atoms with E-state index in [-0.39, 0.29) is 0 Å². The highest BCUT2D eigenvalue weighted by Crippen LogP contribution is 2.07. The highest BCUT2D eigenvalue weighted by atomic mass is 16.6. The molecule has 54 valence electrons. The van der Waals surface area contributed by atoms with Gasteiger partial charge in [-0.2, -0.15) is 0 Å². The number of pyridine rings is 1. The first-order valence-electron chi connectivity index (χ1n) is 3.04. The number of rotatable bonds is 2. The highest BCUT2D eigenvalue weighted by molar-refractivity contribution is 5.16. The van der Waals surface area contributed by atoms with E-state index < -0.39 is 6.29 Å². The van der Waals surface area contributed by atoms with E-state index >= 15 is 0 Å². The minimum Gasteiger partial charge on any atom is -0.465 e. The summed E-state index contributed by atoms with van der Waals surface area (Å²) in [6, 6.07) is 3.37. The maximum absolute atomic E-state index is 8.76. The minimum absolute atomic E-state index is 0.630. The van der Waals surface area contributed by atoms with Crippen LogP contribution in [0.15, 0.2) is 24.5 Å². The van der Waals surface area contributed by atoms with Gasteiger partial charge in [-0.15, -0.1) is 0 Å². The van der Waals surface area contributed by atoms with Crippen LogP contribution in [-0.4, -0.2) is 16.4 Å². The molecule has 0 saturated carbocycles. The lowest BCUT2D eigenvalue weighted by Gasteiger charge is -2.06. The molecule has 1 unspecified atom stereocenters. The molecule has 1 aromatic heterocycles. The molecule has 3 heteroatoms. The average molecular weight is 139 g/mol. The van der Waals surface area contributed by atoms with Gasteiger partial charge >= 0.3 is 0 Å². The fraction of sp³-hybridized carbons (Fsp3) is 0.286. The Hall–Kier alpha value is -1.09. The topological polar surface area (TPSA) is 42.4 Å². The largest absolute Gasteiger partial charge is 0.465 e. The number of aromatic nitrogens is 1. The summed E-state index contributed by atoms with van der Waals surface area (Å²) in [5.41, 5.74) is 0. The molecule has 0 fully saturated rings. The summed E-state index contributed by atoms with van der Waals surface area (Å²) < 4.78 is 4.93. The van der Waals surface area contributed by atoms with Crippen molar-refractivity contribution in [2.24, 2.45) is 0 Å². The molecule has 10 heavy (non-hydrogen) atoms. The predicted molar refractivity (Wildman–Crippen MR) is 36.5 cm³/mol. The van der Waals surface area contributed by atoms with Crippen molar-refractivity contribution in [1.29, 1.82) is 0 Å². The standard InChI is InChI=1S/C7H9NO2/c1-6(9)10-7-2-4-8-5-3-7/h2-6,9H,1H3. The van der Waals surface area contributed by atoms with Crippen molar-refractivity contribution >= 4 is 0 Å². The monoisotopic (exact) mass is 139 g/mol. The lowest BCUT2D eigenvalue weighted by molar-refractivity contribution is -0.000345. The van der Waals surface area contributed by atoms with Gasteiger partial charge in [0.05, 0.1) is 0 Å². The lowest BCUT2D eigenvalue weighted by atomic mass is 10.4. The van der Waals surface area contributed by atoms with E-state index in [9.17, 15) is 0 Å². The molecule has 0 bridgehead atoms. The zero-order valence-electron chi connectivity index (χ0n) is 5.69. The molecule has 0 aliphatic carbocycles. The van der Waals surface area contributed by atoms with Crippen LogP contribution in [0.5, 0.6) is 5.75 Å². The third-order valence-electron chi connectivity index (χ3n) is 0.956. The highest BCUT2D eigenvalue weighted by Gasteiger charge is 1.94. The molecule has 0 saturated heterocycles. The van der Waals surface area contributed by atoms with Gasteiger partial charge in [0.25, 0.3) is 0 Å². The Labute approximate surface area is 59.3 Å². The molecule has 1 heterocycles. The molecule has 0 aliphatic rings. The van der Waals surface area contributed by atoms with Crippen molar-refractivity contribution in [1.82, 2.24) is 4.98 Å². The third kappa shape index (κ3) is 2.03. The van der Waals surface area contributed by atoms with Gasteiger partial charge in [0, 0.05) is 12.4 Å². The van der Waals surface area contributed by atoms with Crippen LogP contribution in [-0.2, 0) is 0 Å². The first-order valence-corrected chi connectivity index (χ1v) is 3.04. The van der Waals surface area contributed by atoms with Crippen LogP contribution >= 0.6 is 0 Å². The summed E-state index contributed by atoms with van der Waals surface area (Å²) in [7, 11) is 0. The van der Waals surface area contributed by atoms with Crippen LogP contribution in [0.25, 0.3) is 0 Å². The van der Waals surface area contributed by atoms with Crippen molar-refractivity contribution in [3.8, 4) is 5.75 Å². The SMILES string of the molecule is CC(O)Oc1ccncc1. The smallest absolute Gasteiger partial charge is 0.194 e. The third-order valence-corrected chi connectivity index (χ3v) is 0.956. The molecule has 0 amide bonds. The van der Waals surface area contributed by atoms with Gasteiger partial charge in [-0.3, -0.25) is 4.98 Å². The summed E-state index contributed by atoms with van der Waals surface area (Å²) >= 11 is 0. The van der Waals surface area contributed by atoms with E-state index in [4.69, 9.17) is 9.84 Å². The van der Waals surface area contributed by atoms with E-state index in [1.165, 1.54) is 0 Å². The van der Waals surface area contributed by atoms with Crippen LogP contribution in [0.1, 0.15) is 6.92 Å². The summed E-state index contributed by atoms with van der Waals surface area (Å²) in [4.78, 5) is 3.79. The Balaban J connectivity index is 2.59. The van der Waals surface area contributed by atoms with Crippen molar-refractivity contribution in [2.45, 2.75) is 13.2 Å². The van der Waals surface area contributed by atoms with E-state index in [1.807, 2.05) is 0 Å². The fourth-order valence-corrected chi connectivity index (χ4v) is 0.614. The molecule has 0 radical (unpaired) electrons. The first kappa shape index (κ1) is 7.02. The van der Waals surface area contributed by atoms with Gasteiger partial charge in [-0.1, -0.05) is 0 Å². The predicted octanol–water partition coefficient (Wildman–Crippen LogP) is 0.799. The van der Waals surface area contributed by atoms with Crippen molar-refractivity contribution in [3.05, 3.63) is 24.5 Å². The number of hydrogen-bond acceptors (Lipinski definition) is 3. The van der Waals surface area contributed by atoms with Crippen LogP contribution in [0.3, 0.4) is 0 Å². The lowest BCUT2D eigenvalue weighted by Crippen LogP contribution is -2.09. The van der Waals surface area contributed by atoms with E-state index in [1.54, 1.807) is 31.5 Å². The first-order chi connectivity index (χ1) is 4.79. The molecule has 1 atom stereocenters. The van der Waals surface area contributed by atoms with Crippen LogP contribution in [0.2, 0.25) is 0 Å². The van der Waals surface area contributed by atoms with Crippen LogP contribution < -0.4 is 4.74 Å². The normalized spacial score (nSPS) is 12.6. The molecule has 0 spiro atoms. The Morgan fingerprint density at radius 3 is 2.60 bits per heavy atom. The van der Waals surface area contributed by atoms with Gasteiger partial charge in [0.2, 0.25) is 0 Å². The minimum atomic E-state index is -0.762. The summed E-state index contributed by atoms with van der Waals surface area (Å²) in [5.74, 6) is 0.630. The Bertz CT molecular complexity index is 186. The van der Waals surface area contributed by atoms with Crippen LogP contribution in [0.4, 0.5) is 0 Å². The number of hydrogen-bond donors (Lipinski definition) is 1. The maximum atomic E-state index is 8.76. The zero-order valence-corrected chi connectivity index (χ0v) is 5.69. The van der Waals surface area contributed by atoms with Crippen molar-refractivity contribution in [3.63, 3.8) is 0 Å². The van der Waals surface area contributed by atoms with E-state index in [0.29, 0.717) is 5.75 Å². The number of ether oxygens (including phenoxy) is 1. The molecular formula is C7H9NO2. The Kier molecular flexibility index (Phi) is 2.23. The molecular weight excluding hydrogens is 130 g/mol. The van der Waals surface area contributed by atoms with Gasteiger partial charge in [-0.25, -0.2) is 0 Å². The zero-order chi connectivity index (χ0) is 7.40. The quantitative estimate of drug-likeness (QED) is 0.616. The Morgan fingerprint density at radius 2 is 2.10 bits per heavy atom. The second kappa shape index (κ2) is 3.17. The van der Waals surface area contributed by atoms with E-state index in [0.717, 1.165) is 0 Å². The fourth-order valence-electron chi connectivity index (χ4n) is 0.614. The number of aliphatic hydroxyl groups is 1. The molecule has 3 nitrogen and oxygen atoms in total. The van der Waals surface area contributed by atoms with Crippen LogP contribution in [0, 0.1) is 0 Å². The average Bonchev–Trinajstić information content (AvgIpc) is 1.88. The van der Waals surface area contributed by atoms with Gasteiger partial charge < -0.3 is 9.84 Å². The summed E-state index contributed by atoms with van der Waals surface area (Å²) in [5, 5.41) is 8.76. The van der Waals surface area contributed by atoms with Gasteiger partial charge in [0.15, 0.2) is 6.29 Å².